The zero-order chi connectivity index (χ0) is 17.1. The monoisotopic (exact) mass is 336 g/mol. The maximum absolute atomic E-state index is 11.5. The summed E-state index contributed by atoms with van der Waals surface area (Å²) < 4.78 is 5.10. The topological polar surface area (TPSA) is 140 Å². The Morgan fingerprint density at radius 2 is 1.91 bits per heavy atom. The van der Waals surface area contributed by atoms with Gasteiger partial charge >= 0.3 is 12.0 Å². The van der Waals surface area contributed by atoms with Crippen LogP contribution < -0.4 is 21.5 Å². The average molecular weight is 337 g/mol. The summed E-state index contributed by atoms with van der Waals surface area (Å²) in [6.45, 7) is 1.25. The fraction of sp³-hybridized carbons (Fsp3) is 0.0714. The van der Waals surface area contributed by atoms with Crippen LogP contribution in [-0.4, -0.2) is 22.9 Å². The second-order valence-electron chi connectivity index (χ2n) is 4.56. The number of ether oxygens (including phenoxy) is 1. The van der Waals surface area contributed by atoms with Crippen molar-refractivity contribution in [2.45, 2.75) is 6.92 Å². The van der Waals surface area contributed by atoms with Gasteiger partial charge in [-0.3, -0.25) is 14.9 Å². The number of carbonyl (C=O) groups excluding carboxylic acids is 3. The first-order chi connectivity index (χ1) is 10.8. The fourth-order valence-electron chi connectivity index (χ4n) is 1.97. The molecule has 6 N–H and O–H groups in total. The Balaban J connectivity index is 2.57. The SMILES string of the molecule is CC(=O)Oc1ccc(Cl)cc1-c1cc(C(N)=O)c(NC(N)=O)[nH]1. The van der Waals surface area contributed by atoms with Crippen molar-refractivity contribution < 1.29 is 19.1 Å². The Hall–Kier alpha value is -3.00. The number of aromatic nitrogens is 1. The van der Waals surface area contributed by atoms with Crippen LogP contribution in [0.4, 0.5) is 10.6 Å². The molecule has 2 rings (SSSR count). The number of carbonyl (C=O) groups is 3. The predicted molar refractivity (Wildman–Crippen MR) is 84.3 cm³/mol. The number of benzene rings is 1. The van der Waals surface area contributed by atoms with E-state index in [0.29, 0.717) is 16.3 Å². The maximum atomic E-state index is 11.5. The Kier molecular flexibility index (Phi) is 4.56. The molecule has 2 aromatic rings. The van der Waals surface area contributed by atoms with Crippen LogP contribution in [-0.2, 0) is 4.79 Å². The number of amides is 3. The number of anilines is 1. The normalized spacial score (nSPS) is 10.2. The van der Waals surface area contributed by atoms with Gasteiger partial charge < -0.3 is 21.2 Å². The van der Waals surface area contributed by atoms with Crippen molar-refractivity contribution in [1.82, 2.24) is 4.98 Å². The Labute approximate surface area is 135 Å². The molecule has 1 aromatic heterocycles. The number of H-pyrrole nitrogens is 1. The molecule has 0 aliphatic carbocycles. The average Bonchev–Trinajstić information content (AvgIpc) is 2.83. The third-order valence-corrected chi connectivity index (χ3v) is 3.05. The molecule has 0 aliphatic heterocycles. The van der Waals surface area contributed by atoms with Crippen LogP contribution in [0, 0.1) is 0 Å². The van der Waals surface area contributed by atoms with E-state index >= 15 is 0 Å². The second kappa shape index (κ2) is 6.41. The Morgan fingerprint density at radius 1 is 1.22 bits per heavy atom. The van der Waals surface area contributed by atoms with Crippen molar-refractivity contribution in [2.75, 3.05) is 5.32 Å². The van der Waals surface area contributed by atoms with Gasteiger partial charge in [-0.05, 0) is 24.3 Å². The lowest BCUT2D eigenvalue weighted by Crippen LogP contribution is -2.22. The summed E-state index contributed by atoms with van der Waals surface area (Å²) in [5, 5.41) is 2.65. The van der Waals surface area contributed by atoms with Crippen molar-refractivity contribution in [3.8, 4) is 17.0 Å². The molecule has 1 aromatic carbocycles. The highest BCUT2D eigenvalue weighted by molar-refractivity contribution is 6.31. The summed E-state index contributed by atoms with van der Waals surface area (Å²) in [5.41, 5.74) is 11.1. The molecule has 9 heteroatoms. The van der Waals surface area contributed by atoms with E-state index in [1.54, 1.807) is 6.07 Å². The molecule has 8 nitrogen and oxygen atoms in total. The van der Waals surface area contributed by atoms with E-state index in [-0.39, 0.29) is 17.1 Å². The second-order valence-corrected chi connectivity index (χ2v) is 5.00. The molecular formula is C14H13ClN4O4. The number of nitrogens with one attached hydrogen (secondary N) is 2. The summed E-state index contributed by atoms with van der Waals surface area (Å²) in [7, 11) is 0. The lowest BCUT2D eigenvalue weighted by atomic mass is 10.1. The number of halogens is 1. The van der Waals surface area contributed by atoms with Crippen molar-refractivity contribution in [2.24, 2.45) is 11.5 Å². The minimum absolute atomic E-state index is 0.0209. The number of hydrogen-bond acceptors (Lipinski definition) is 4. The van der Waals surface area contributed by atoms with E-state index in [1.165, 1.54) is 25.1 Å². The lowest BCUT2D eigenvalue weighted by molar-refractivity contribution is -0.131. The largest absolute Gasteiger partial charge is 0.426 e. The van der Waals surface area contributed by atoms with Crippen LogP contribution in [0.15, 0.2) is 24.3 Å². The van der Waals surface area contributed by atoms with Crippen molar-refractivity contribution in [3.63, 3.8) is 0 Å². The zero-order valence-corrected chi connectivity index (χ0v) is 12.7. The van der Waals surface area contributed by atoms with Crippen molar-refractivity contribution in [3.05, 3.63) is 34.9 Å². The minimum atomic E-state index is -0.868. The van der Waals surface area contributed by atoms with Crippen molar-refractivity contribution in [1.29, 1.82) is 0 Å². The van der Waals surface area contributed by atoms with Gasteiger partial charge in [0, 0.05) is 17.5 Å². The molecular weight excluding hydrogens is 324 g/mol. The quantitative estimate of drug-likeness (QED) is 0.499. The predicted octanol–water partition coefficient (Wildman–Crippen LogP) is 1.85. The van der Waals surface area contributed by atoms with Crippen LogP contribution >= 0.6 is 11.6 Å². The molecule has 120 valence electrons. The highest BCUT2D eigenvalue weighted by atomic mass is 35.5. The van der Waals surface area contributed by atoms with Gasteiger partial charge in [-0.2, -0.15) is 0 Å². The van der Waals surface area contributed by atoms with Crippen LogP contribution in [0.3, 0.4) is 0 Å². The number of hydrogen-bond donors (Lipinski definition) is 4. The van der Waals surface area contributed by atoms with Gasteiger partial charge in [0.15, 0.2) is 0 Å². The summed E-state index contributed by atoms with van der Waals surface area (Å²) in [6, 6.07) is 5.11. The van der Waals surface area contributed by atoms with Gasteiger partial charge in [-0.25, -0.2) is 4.79 Å². The summed E-state index contributed by atoms with van der Waals surface area (Å²) in [6.07, 6.45) is 0. The molecule has 0 saturated heterocycles. The molecule has 0 bridgehead atoms. The van der Waals surface area contributed by atoms with Crippen LogP contribution in [0.2, 0.25) is 5.02 Å². The van der Waals surface area contributed by atoms with Gasteiger partial charge in [-0.15, -0.1) is 0 Å². The lowest BCUT2D eigenvalue weighted by Gasteiger charge is -2.08. The first-order valence-electron chi connectivity index (χ1n) is 6.35. The summed E-state index contributed by atoms with van der Waals surface area (Å²) in [5.74, 6) is -1.03. The van der Waals surface area contributed by atoms with E-state index in [4.69, 9.17) is 27.8 Å². The number of esters is 1. The van der Waals surface area contributed by atoms with E-state index in [2.05, 4.69) is 10.3 Å². The highest BCUT2D eigenvalue weighted by Crippen LogP contribution is 2.34. The third-order valence-electron chi connectivity index (χ3n) is 2.82. The highest BCUT2D eigenvalue weighted by Gasteiger charge is 2.18. The summed E-state index contributed by atoms with van der Waals surface area (Å²) >= 11 is 5.96. The molecule has 23 heavy (non-hydrogen) atoms. The third kappa shape index (κ3) is 3.80. The molecule has 0 atom stereocenters. The maximum Gasteiger partial charge on any atom is 0.317 e. The number of rotatable bonds is 4. The molecule has 3 amide bonds. The zero-order valence-electron chi connectivity index (χ0n) is 12.0. The first-order valence-corrected chi connectivity index (χ1v) is 6.73. The Morgan fingerprint density at radius 3 is 2.48 bits per heavy atom. The molecule has 0 aliphatic rings. The van der Waals surface area contributed by atoms with E-state index < -0.39 is 17.9 Å². The van der Waals surface area contributed by atoms with Gasteiger partial charge in [0.1, 0.15) is 11.6 Å². The number of urea groups is 1. The van der Waals surface area contributed by atoms with Gasteiger partial charge in [0.05, 0.1) is 11.3 Å². The van der Waals surface area contributed by atoms with E-state index in [0.717, 1.165) is 0 Å². The summed E-state index contributed by atoms with van der Waals surface area (Å²) in [4.78, 5) is 36.5. The Bertz CT molecular complexity index is 800. The van der Waals surface area contributed by atoms with E-state index in [9.17, 15) is 14.4 Å². The van der Waals surface area contributed by atoms with Crippen LogP contribution in [0.25, 0.3) is 11.3 Å². The molecule has 1 heterocycles. The standard InChI is InChI=1S/C14H13ClN4O4/c1-6(20)23-11-3-2-7(15)4-8(11)10-5-9(12(16)21)13(18-10)19-14(17)22/h2-5,18H,1H3,(H2,16,21)(H3,17,19,22). The van der Waals surface area contributed by atoms with Gasteiger partial charge in [0.25, 0.3) is 5.91 Å². The van der Waals surface area contributed by atoms with Crippen LogP contribution in [0.5, 0.6) is 5.75 Å². The molecule has 0 unspecified atom stereocenters. The van der Waals surface area contributed by atoms with Crippen LogP contribution in [0.1, 0.15) is 17.3 Å². The first kappa shape index (κ1) is 16.4. The fourth-order valence-corrected chi connectivity index (χ4v) is 2.14. The molecule has 0 spiro atoms. The van der Waals surface area contributed by atoms with E-state index in [1.807, 2.05) is 0 Å². The van der Waals surface area contributed by atoms with Gasteiger partial charge in [0.2, 0.25) is 0 Å². The molecule has 0 saturated carbocycles. The number of aromatic amines is 1. The number of nitrogens with two attached hydrogens (primary N) is 2. The number of primary amides is 2. The minimum Gasteiger partial charge on any atom is -0.426 e. The smallest absolute Gasteiger partial charge is 0.317 e. The van der Waals surface area contributed by atoms with Crippen molar-refractivity contribution >= 4 is 35.3 Å². The van der Waals surface area contributed by atoms with Gasteiger partial charge in [-0.1, -0.05) is 11.6 Å². The molecule has 0 fully saturated rings. The molecule has 0 radical (unpaired) electrons.